The van der Waals surface area contributed by atoms with E-state index in [-0.39, 0.29) is 5.54 Å². The average Bonchev–Trinajstić information content (AvgIpc) is 3.03. The highest BCUT2D eigenvalue weighted by Gasteiger charge is 2.37. The fourth-order valence-corrected chi connectivity index (χ4v) is 5.42. The van der Waals surface area contributed by atoms with Crippen LogP contribution in [-0.4, -0.2) is 34.0 Å². The molecule has 0 radical (unpaired) electrons. The van der Waals surface area contributed by atoms with Crippen LogP contribution >= 0.6 is 0 Å². The third-order valence-electron chi connectivity index (χ3n) is 6.57. The molecule has 2 N–H and O–H groups in total. The summed E-state index contributed by atoms with van der Waals surface area (Å²) in [5, 5.41) is 3.49. The maximum atomic E-state index is 11.1. The molecule has 0 spiro atoms. The Kier molecular flexibility index (Phi) is 6.35. The molecule has 0 heterocycles. The third kappa shape index (κ3) is 4.72. The predicted octanol–water partition coefficient (Wildman–Crippen LogP) is 3.23. The zero-order chi connectivity index (χ0) is 20.3. The first-order chi connectivity index (χ1) is 14.1. The van der Waals surface area contributed by atoms with E-state index in [0.29, 0.717) is 25.0 Å². The number of likely N-dealkylation sites (N-methyl/N-ethyl adjacent to an activating group) is 1. The van der Waals surface area contributed by atoms with Crippen molar-refractivity contribution in [1.82, 2.24) is 10.0 Å². The van der Waals surface area contributed by atoms with E-state index < -0.39 is 11.3 Å². The highest BCUT2D eigenvalue weighted by molar-refractivity contribution is 7.77. The summed E-state index contributed by atoms with van der Waals surface area (Å²) in [6.45, 7) is 0.516. The van der Waals surface area contributed by atoms with Gasteiger partial charge in [0.2, 0.25) is 0 Å². The molecule has 156 valence electrons. The molecule has 1 saturated carbocycles. The van der Waals surface area contributed by atoms with Gasteiger partial charge in [0.1, 0.15) is 5.75 Å². The zero-order valence-corrected chi connectivity index (χ0v) is 17.7. The summed E-state index contributed by atoms with van der Waals surface area (Å²) in [5.74, 6) is 1.29. The van der Waals surface area contributed by atoms with E-state index >= 15 is 0 Å². The Labute approximate surface area is 175 Å². The lowest BCUT2D eigenvalue weighted by Gasteiger charge is -2.43. The average molecular weight is 414 g/mol. The van der Waals surface area contributed by atoms with Gasteiger partial charge in [0, 0.05) is 35.2 Å². The van der Waals surface area contributed by atoms with Crippen molar-refractivity contribution in [2.24, 2.45) is 0 Å². The Morgan fingerprint density at radius 3 is 2.66 bits per heavy atom. The molecular formula is C23H29N2O3S-. The number of benzene rings is 2. The molecule has 1 fully saturated rings. The van der Waals surface area contributed by atoms with Gasteiger partial charge in [-0.05, 0) is 68.0 Å². The van der Waals surface area contributed by atoms with Crippen molar-refractivity contribution in [2.45, 2.75) is 56.0 Å². The minimum atomic E-state index is -2.22. The molecule has 3 unspecified atom stereocenters. The van der Waals surface area contributed by atoms with Crippen LogP contribution in [0.25, 0.3) is 0 Å². The van der Waals surface area contributed by atoms with Crippen LogP contribution < -0.4 is 14.8 Å². The summed E-state index contributed by atoms with van der Waals surface area (Å²) in [6.07, 6.45) is 5.58. The highest BCUT2D eigenvalue weighted by Crippen LogP contribution is 2.39. The van der Waals surface area contributed by atoms with Crippen molar-refractivity contribution in [3.63, 3.8) is 0 Å². The summed E-state index contributed by atoms with van der Waals surface area (Å²) in [5.41, 5.74) is 3.79. The van der Waals surface area contributed by atoms with Gasteiger partial charge in [0.05, 0.1) is 6.61 Å². The number of fused-ring (bicyclic) bond motifs is 1. The molecule has 0 amide bonds. The Morgan fingerprint density at radius 1 is 1.21 bits per heavy atom. The van der Waals surface area contributed by atoms with Crippen LogP contribution in [0.3, 0.4) is 0 Å². The first-order valence-corrected chi connectivity index (χ1v) is 11.5. The van der Waals surface area contributed by atoms with Crippen LogP contribution in [-0.2, 0) is 24.1 Å². The lowest BCUT2D eigenvalue weighted by molar-refractivity contribution is 0.164. The van der Waals surface area contributed by atoms with E-state index in [4.69, 9.17) is 4.74 Å². The van der Waals surface area contributed by atoms with Crippen LogP contribution in [0.1, 0.15) is 48.3 Å². The molecule has 2 aromatic rings. The van der Waals surface area contributed by atoms with Gasteiger partial charge >= 0.3 is 0 Å². The van der Waals surface area contributed by atoms with Gasteiger partial charge in [-0.25, -0.2) is 4.72 Å². The summed E-state index contributed by atoms with van der Waals surface area (Å²) in [4.78, 5) is 0. The number of nitrogens with one attached hydrogen (secondary N) is 2. The molecule has 2 aliphatic rings. The van der Waals surface area contributed by atoms with Crippen molar-refractivity contribution in [1.29, 1.82) is 0 Å². The van der Waals surface area contributed by atoms with Gasteiger partial charge in [-0.2, -0.15) is 0 Å². The van der Waals surface area contributed by atoms with Crippen molar-refractivity contribution in [3.05, 3.63) is 65.2 Å². The van der Waals surface area contributed by atoms with E-state index in [1.165, 1.54) is 16.7 Å². The molecule has 5 nitrogen and oxygen atoms in total. The van der Waals surface area contributed by atoms with Gasteiger partial charge in [-0.15, -0.1) is 0 Å². The Morgan fingerprint density at radius 2 is 2.00 bits per heavy atom. The maximum absolute atomic E-state index is 11.1. The molecule has 0 saturated heterocycles. The quantitative estimate of drug-likeness (QED) is 0.619. The second kappa shape index (κ2) is 8.96. The van der Waals surface area contributed by atoms with E-state index in [1.807, 2.05) is 13.1 Å². The third-order valence-corrected chi connectivity index (χ3v) is 7.17. The number of ether oxygens (including phenoxy) is 1. The Hall–Kier alpha value is -1.73. The van der Waals surface area contributed by atoms with Gasteiger partial charge in [-0.3, -0.25) is 4.21 Å². The SMILES string of the molecule is CNC1Cc2ccc(OCCC3(NS(=O)[O-])CCC3)cc2C1Cc1ccccc1. The molecule has 0 aromatic heterocycles. The van der Waals surface area contributed by atoms with Gasteiger partial charge in [-0.1, -0.05) is 36.4 Å². The minimum Gasteiger partial charge on any atom is -0.760 e. The Bertz CT molecular complexity index is 854. The lowest BCUT2D eigenvalue weighted by atomic mass is 9.75. The second-order valence-electron chi connectivity index (χ2n) is 8.33. The van der Waals surface area contributed by atoms with Crippen molar-refractivity contribution in [3.8, 4) is 5.75 Å². The van der Waals surface area contributed by atoms with Gasteiger partial charge < -0.3 is 14.6 Å². The fourth-order valence-electron chi connectivity index (χ4n) is 4.76. The van der Waals surface area contributed by atoms with Gasteiger partial charge in [0.15, 0.2) is 0 Å². The highest BCUT2D eigenvalue weighted by atomic mass is 32.2. The summed E-state index contributed by atoms with van der Waals surface area (Å²) in [7, 11) is 2.04. The summed E-state index contributed by atoms with van der Waals surface area (Å²) >= 11 is -2.22. The van der Waals surface area contributed by atoms with Gasteiger partial charge in [0.25, 0.3) is 0 Å². The molecule has 4 rings (SSSR count). The smallest absolute Gasteiger partial charge is 0.119 e. The first-order valence-electron chi connectivity index (χ1n) is 10.4. The molecule has 2 aromatic carbocycles. The van der Waals surface area contributed by atoms with Crippen molar-refractivity contribution in [2.75, 3.05) is 13.7 Å². The fraction of sp³-hybridized carbons (Fsp3) is 0.478. The molecule has 29 heavy (non-hydrogen) atoms. The first kappa shape index (κ1) is 20.5. The lowest BCUT2D eigenvalue weighted by Crippen LogP contribution is -2.52. The second-order valence-corrected chi connectivity index (χ2v) is 9.00. The summed E-state index contributed by atoms with van der Waals surface area (Å²) < 4.78 is 30.9. The van der Waals surface area contributed by atoms with Crippen LogP contribution in [0.15, 0.2) is 48.5 Å². The van der Waals surface area contributed by atoms with Crippen LogP contribution in [0, 0.1) is 0 Å². The van der Waals surface area contributed by atoms with Crippen molar-refractivity contribution >= 4 is 11.3 Å². The molecule has 0 aliphatic heterocycles. The zero-order valence-electron chi connectivity index (χ0n) is 16.9. The molecule has 0 bridgehead atoms. The maximum Gasteiger partial charge on any atom is 0.119 e. The molecule has 3 atom stereocenters. The summed E-state index contributed by atoms with van der Waals surface area (Å²) in [6, 6.07) is 17.5. The predicted molar refractivity (Wildman–Crippen MR) is 115 cm³/mol. The Balaban J connectivity index is 1.43. The standard InChI is InChI=1S/C23H30N2O3S/c1-24-22-15-18-8-9-19(28-13-12-23(10-5-11-23)25-29(26)27)16-20(18)21(22)14-17-6-3-2-4-7-17/h2-4,6-9,16,21-22,24-25H,5,10-15H2,1H3,(H,26,27)/p-1. The minimum absolute atomic E-state index is 0.309. The van der Waals surface area contributed by atoms with E-state index in [9.17, 15) is 8.76 Å². The molecular weight excluding hydrogens is 384 g/mol. The normalized spacial score (nSPS) is 23.2. The van der Waals surface area contributed by atoms with Crippen LogP contribution in [0.4, 0.5) is 0 Å². The number of hydrogen-bond acceptors (Lipinski definition) is 4. The molecule has 6 heteroatoms. The van der Waals surface area contributed by atoms with Crippen LogP contribution in [0.2, 0.25) is 0 Å². The van der Waals surface area contributed by atoms with E-state index in [1.54, 1.807) is 0 Å². The molecule has 2 aliphatic carbocycles. The largest absolute Gasteiger partial charge is 0.760 e. The van der Waals surface area contributed by atoms with Crippen LogP contribution in [0.5, 0.6) is 5.75 Å². The van der Waals surface area contributed by atoms with E-state index in [0.717, 1.165) is 37.9 Å². The topological polar surface area (TPSA) is 73.4 Å². The van der Waals surface area contributed by atoms with E-state index in [2.05, 4.69) is 52.5 Å². The van der Waals surface area contributed by atoms with Crippen molar-refractivity contribution < 1.29 is 13.5 Å². The number of hydrogen-bond donors (Lipinski definition) is 2. The monoisotopic (exact) mass is 413 g/mol. The number of rotatable bonds is 9.